The Morgan fingerprint density at radius 3 is 2.58 bits per heavy atom. The zero-order valence-electron chi connectivity index (χ0n) is 10.8. The fourth-order valence-electron chi connectivity index (χ4n) is 2.37. The number of para-hydroxylation sites is 2. The number of benzene rings is 1. The van der Waals surface area contributed by atoms with Crippen molar-refractivity contribution in [1.29, 1.82) is 0 Å². The van der Waals surface area contributed by atoms with Crippen molar-refractivity contribution in [2.45, 2.75) is 0 Å². The van der Waals surface area contributed by atoms with E-state index in [4.69, 9.17) is 0 Å². The summed E-state index contributed by atoms with van der Waals surface area (Å²) < 4.78 is 0. The summed E-state index contributed by atoms with van der Waals surface area (Å²) >= 11 is 0. The Morgan fingerprint density at radius 2 is 1.89 bits per heavy atom. The molecule has 0 amide bonds. The summed E-state index contributed by atoms with van der Waals surface area (Å²) in [5, 5.41) is 0. The summed E-state index contributed by atoms with van der Waals surface area (Å²) in [5.74, 6) is 0.881. The molecule has 1 aromatic carbocycles. The molecule has 0 spiro atoms. The number of aldehydes is 1. The van der Waals surface area contributed by atoms with Crippen molar-refractivity contribution in [3.8, 4) is 0 Å². The van der Waals surface area contributed by atoms with E-state index in [1.165, 1.54) is 5.69 Å². The van der Waals surface area contributed by atoms with Crippen LogP contribution >= 0.6 is 0 Å². The maximum atomic E-state index is 10.7. The standard InChI is InChI=1S/C15H15N3O/c1-17-8-9-18(14-5-3-2-4-13(14)17)15-7-6-12(11-19)10-16-15/h2-7,10-11H,8-9H2,1H3. The maximum absolute atomic E-state index is 10.7. The lowest BCUT2D eigenvalue weighted by Gasteiger charge is -2.36. The first kappa shape index (κ1) is 11.7. The van der Waals surface area contributed by atoms with Crippen molar-refractivity contribution < 1.29 is 4.79 Å². The lowest BCUT2D eigenvalue weighted by atomic mass is 10.1. The van der Waals surface area contributed by atoms with Gasteiger partial charge in [0.1, 0.15) is 5.82 Å². The van der Waals surface area contributed by atoms with Crippen LogP contribution in [0.4, 0.5) is 17.2 Å². The molecule has 0 saturated heterocycles. The van der Waals surface area contributed by atoms with Gasteiger partial charge in [0.25, 0.3) is 0 Å². The van der Waals surface area contributed by atoms with Crippen molar-refractivity contribution in [2.75, 3.05) is 29.9 Å². The van der Waals surface area contributed by atoms with E-state index in [1.807, 2.05) is 18.2 Å². The molecule has 4 nitrogen and oxygen atoms in total. The molecule has 1 aliphatic rings. The monoisotopic (exact) mass is 253 g/mol. The smallest absolute Gasteiger partial charge is 0.151 e. The average Bonchev–Trinajstić information content (AvgIpc) is 2.48. The number of fused-ring (bicyclic) bond motifs is 1. The van der Waals surface area contributed by atoms with Gasteiger partial charge in [-0.2, -0.15) is 0 Å². The zero-order valence-corrected chi connectivity index (χ0v) is 10.8. The highest BCUT2D eigenvalue weighted by Gasteiger charge is 2.21. The van der Waals surface area contributed by atoms with Crippen LogP contribution in [0.15, 0.2) is 42.6 Å². The first-order valence-corrected chi connectivity index (χ1v) is 6.28. The summed E-state index contributed by atoms with van der Waals surface area (Å²) in [4.78, 5) is 19.5. The first-order valence-electron chi connectivity index (χ1n) is 6.28. The van der Waals surface area contributed by atoms with E-state index < -0.39 is 0 Å². The predicted octanol–water partition coefficient (Wildman–Crippen LogP) is 2.48. The molecule has 2 aromatic rings. The van der Waals surface area contributed by atoms with Crippen LogP contribution in [-0.2, 0) is 0 Å². The molecule has 0 atom stereocenters. The molecule has 0 radical (unpaired) electrons. The lowest BCUT2D eigenvalue weighted by Crippen LogP contribution is -2.36. The van der Waals surface area contributed by atoms with Crippen molar-refractivity contribution >= 4 is 23.5 Å². The molecule has 4 heteroatoms. The van der Waals surface area contributed by atoms with Crippen LogP contribution in [0.3, 0.4) is 0 Å². The number of nitrogens with zero attached hydrogens (tertiary/aromatic N) is 3. The first-order chi connectivity index (χ1) is 9.29. The van der Waals surface area contributed by atoms with E-state index in [0.717, 1.165) is 30.9 Å². The highest BCUT2D eigenvalue weighted by Crippen LogP contribution is 2.35. The number of carbonyl (C=O) groups excluding carboxylic acids is 1. The van der Waals surface area contributed by atoms with E-state index in [1.54, 1.807) is 12.3 Å². The van der Waals surface area contributed by atoms with E-state index in [0.29, 0.717) is 5.56 Å². The van der Waals surface area contributed by atoms with E-state index >= 15 is 0 Å². The zero-order chi connectivity index (χ0) is 13.2. The summed E-state index contributed by atoms with van der Waals surface area (Å²) in [7, 11) is 2.10. The highest BCUT2D eigenvalue weighted by molar-refractivity contribution is 5.79. The number of hydrogen-bond donors (Lipinski definition) is 0. The van der Waals surface area contributed by atoms with E-state index in [9.17, 15) is 4.79 Å². The van der Waals surface area contributed by atoms with Gasteiger partial charge in [0.2, 0.25) is 0 Å². The van der Waals surface area contributed by atoms with E-state index in [-0.39, 0.29) is 0 Å². The minimum absolute atomic E-state index is 0.603. The molecule has 0 bridgehead atoms. The third kappa shape index (κ3) is 2.05. The number of likely N-dealkylation sites (N-methyl/N-ethyl adjacent to an activating group) is 1. The molecule has 1 aromatic heterocycles. The molecule has 96 valence electrons. The molecular formula is C15H15N3O. The second-order valence-corrected chi connectivity index (χ2v) is 4.63. The Hall–Kier alpha value is -2.36. The van der Waals surface area contributed by atoms with Gasteiger partial charge >= 0.3 is 0 Å². The summed E-state index contributed by atoms with van der Waals surface area (Å²) in [6, 6.07) is 12.0. The van der Waals surface area contributed by atoms with Crippen LogP contribution in [0.1, 0.15) is 10.4 Å². The highest BCUT2D eigenvalue weighted by atomic mass is 16.1. The molecule has 0 unspecified atom stereocenters. The van der Waals surface area contributed by atoms with Gasteiger partial charge < -0.3 is 9.80 Å². The molecule has 3 rings (SSSR count). The molecular weight excluding hydrogens is 238 g/mol. The average molecular weight is 253 g/mol. The molecule has 0 fully saturated rings. The van der Waals surface area contributed by atoms with Gasteiger partial charge in [0.15, 0.2) is 6.29 Å². The predicted molar refractivity (Wildman–Crippen MR) is 76.3 cm³/mol. The van der Waals surface area contributed by atoms with Gasteiger partial charge in [0, 0.05) is 31.9 Å². The molecule has 0 N–H and O–H groups in total. The van der Waals surface area contributed by atoms with Gasteiger partial charge in [-0.05, 0) is 24.3 Å². The second kappa shape index (κ2) is 4.72. The summed E-state index contributed by atoms with van der Waals surface area (Å²) in [6.07, 6.45) is 2.43. The largest absolute Gasteiger partial charge is 0.371 e. The molecule has 19 heavy (non-hydrogen) atoms. The Balaban J connectivity index is 2.01. The number of carbonyl (C=O) groups is 1. The summed E-state index contributed by atoms with van der Waals surface area (Å²) in [6.45, 7) is 1.84. The van der Waals surface area contributed by atoms with Gasteiger partial charge in [-0.15, -0.1) is 0 Å². The number of anilines is 3. The number of hydrogen-bond acceptors (Lipinski definition) is 4. The molecule has 0 aliphatic carbocycles. The van der Waals surface area contributed by atoms with Crippen LogP contribution in [0.5, 0.6) is 0 Å². The van der Waals surface area contributed by atoms with Gasteiger partial charge in [-0.25, -0.2) is 4.98 Å². The fraction of sp³-hybridized carbons (Fsp3) is 0.200. The SMILES string of the molecule is CN1CCN(c2ccc(C=O)cn2)c2ccccc21. The summed E-state index contributed by atoms with van der Waals surface area (Å²) in [5.41, 5.74) is 2.96. The Morgan fingerprint density at radius 1 is 1.11 bits per heavy atom. The Bertz CT molecular complexity index is 595. The fourth-order valence-corrected chi connectivity index (χ4v) is 2.37. The van der Waals surface area contributed by atoms with Crippen LogP contribution in [0.2, 0.25) is 0 Å². The van der Waals surface area contributed by atoms with Crippen LogP contribution in [0.25, 0.3) is 0 Å². The van der Waals surface area contributed by atoms with Gasteiger partial charge in [-0.1, -0.05) is 12.1 Å². The van der Waals surface area contributed by atoms with Gasteiger partial charge in [-0.3, -0.25) is 4.79 Å². The Kier molecular flexibility index (Phi) is 2.91. The molecule has 2 heterocycles. The molecule has 0 saturated carbocycles. The van der Waals surface area contributed by atoms with E-state index in [2.05, 4.69) is 34.0 Å². The quantitative estimate of drug-likeness (QED) is 0.770. The Labute approximate surface area is 112 Å². The van der Waals surface area contributed by atoms with Crippen molar-refractivity contribution in [1.82, 2.24) is 4.98 Å². The molecule has 1 aliphatic heterocycles. The maximum Gasteiger partial charge on any atom is 0.151 e. The second-order valence-electron chi connectivity index (χ2n) is 4.63. The number of aromatic nitrogens is 1. The topological polar surface area (TPSA) is 36.4 Å². The third-order valence-corrected chi connectivity index (χ3v) is 3.43. The van der Waals surface area contributed by atoms with Crippen molar-refractivity contribution in [2.24, 2.45) is 0 Å². The van der Waals surface area contributed by atoms with Crippen LogP contribution in [0, 0.1) is 0 Å². The van der Waals surface area contributed by atoms with Crippen molar-refractivity contribution in [3.63, 3.8) is 0 Å². The normalized spacial score (nSPS) is 14.2. The minimum atomic E-state index is 0.603. The number of rotatable bonds is 2. The van der Waals surface area contributed by atoms with Crippen LogP contribution in [-0.4, -0.2) is 31.4 Å². The lowest BCUT2D eigenvalue weighted by molar-refractivity contribution is 0.112. The number of pyridine rings is 1. The van der Waals surface area contributed by atoms with Gasteiger partial charge in [0.05, 0.1) is 11.4 Å². The third-order valence-electron chi connectivity index (χ3n) is 3.43. The minimum Gasteiger partial charge on any atom is -0.371 e. The van der Waals surface area contributed by atoms with Crippen molar-refractivity contribution in [3.05, 3.63) is 48.2 Å². The van der Waals surface area contributed by atoms with Crippen LogP contribution < -0.4 is 9.80 Å².